The minimum absolute atomic E-state index is 0.834. The SMILES string of the molecule is C=C(C)c1cc(-c2ccccn2)[nH]c1/N=C\C. The first-order valence-electron chi connectivity index (χ1n) is 5.51. The summed E-state index contributed by atoms with van der Waals surface area (Å²) in [7, 11) is 0. The minimum Gasteiger partial charge on any atom is -0.338 e. The van der Waals surface area contributed by atoms with Crippen molar-refractivity contribution in [1.82, 2.24) is 9.97 Å². The number of allylic oxidation sites excluding steroid dienone is 1. The lowest BCUT2D eigenvalue weighted by Crippen LogP contribution is -1.80. The van der Waals surface area contributed by atoms with Gasteiger partial charge in [-0.3, -0.25) is 4.98 Å². The molecule has 0 atom stereocenters. The van der Waals surface area contributed by atoms with Gasteiger partial charge in [-0.2, -0.15) is 0 Å². The molecule has 0 spiro atoms. The summed E-state index contributed by atoms with van der Waals surface area (Å²) in [5, 5.41) is 0. The smallest absolute Gasteiger partial charge is 0.137 e. The van der Waals surface area contributed by atoms with Crippen molar-refractivity contribution in [2.75, 3.05) is 0 Å². The number of aromatic amines is 1. The van der Waals surface area contributed by atoms with E-state index in [1.807, 2.05) is 38.1 Å². The summed E-state index contributed by atoms with van der Waals surface area (Å²) in [5.74, 6) is 0.834. The van der Waals surface area contributed by atoms with Crippen LogP contribution in [0.5, 0.6) is 0 Å². The van der Waals surface area contributed by atoms with Gasteiger partial charge in [0.2, 0.25) is 0 Å². The van der Waals surface area contributed by atoms with Crippen molar-refractivity contribution in [3.63, 3.8) is 0 Å². The number of nitrogens with one attached hydrogen (secondary N) is 1. The Morgan fingerprint density at radius 2 is 2.29 bits per heavy atom. The maximum absolute atomic E-state index is 4.31. The Morgan fingerprint density at radius 1 is 1.47 bits per heavy atom. The molecular weight excluding hydrogens is 210 g/mol. The molecule has 0 aliphatic carbocycles. The molecule has 0 saturated carbocycles. The van der Waals surface area contributed by atoms with Gasteiger partial charge in [0.1, 0.15) is 5.82 Å². The van der Waals surface area contributed by atoms with Crippen molar-refractivity contribution in [3.8, 4) is 11.4 Å². The number of pyridine rings is 1. The molecule has 0 bridgehead atoms. The highest BCUT2D eigenvalue weighted by molar-refractivity contribution is 5.77. The van der Waals surface area contributed by atoms with Crippen LogP contribution in [0.15, 0.2) is 42.0 Å². The van der Waals surface area contributed by atoms with Crippen molar-refractivity contribution in [3.05, 3.63) is 42.6 Å². The van der Waals surface area contributed by atoms with Crippen LogP contribution in [-0.2, 0) is 0 Å². The number of hydrogen-bond donors (Lipinski definition) is 1. The Bertz CT molecular complexity index is 550. The lowest BCUT2D eigenvalue weighted by Gasteiger charge is -1.95. The van der Waals surface area contributed by atoms with Gasteiger partial charge in [-0.1, -0.05) is 12.6 Å². The Labute approximate surface area is 101 Å². The summed E-state index contributed by atoms with van der Waals surface area (Å²) in [5.41, 5.74) is 3.89. The quantitative estimate of drug-likeness (QED) is 0.792. The Morgan fingerprint density at radius 3 is 2.88 bits per heavy atom. The van der Waals surface area contributed by atoms with Gasteiger partial charge in [0.05, 0.1) is 11.4 Å². The molecule has 2 aromatic rings. The van der Waals surface area contributed by atoms with Gasteiger partial charge in [-0.15, -0.1) is 0 Å². The number of H-pyrrole nitrogens is 1. The number of aromatic nitrogens is 2. The van der Waals surface area contributed by atoms with Crippen molar-refractivity contribution in [2.24, 2.45) is 4.99 Å². The second-order valence-electron chi connectivity index (χ2n) is 3.83. The Kier molecular flexibility index (Phi) is 3.19. The van der Waals surface area contributed by atoms with Gasteiger partial charge >= 0.3 is 0 Å². The zero-order valence-corrected chi connectivity index (χ0v) is 10.1. The van der Waals surface area contributed by atoms with Crippen LogP contribution in [0.4, 0.5) is 5.82 Å². The average Bonchev–Trinajstić information content (AvgIpc) is 2.75. The van der Waals surface area contributed by atoms with Crippen molar-refractivity contribution < 1.29 is 0 Å². The monoisotopic (exact) mass is 225 g/mol. The second-order valence-corrected chi connectivity index (χ2v) is 3.83. The van der Waals surface area contributed by atoms with Gasteiger partial charge in [0, 0.05) is 18.0 Å². The molecule has 0 aliphatic heterocycles. The third-order valence-electron chi connectivity index (χ3n) is 2.46. The topological polar surface area (TPSA) is 41.0 Å². The lowest BCUT2D eigenvalue weighted by atomic mass is 10.1. The summed E-state index contributed by atoms with van der Waals surface area (Å²) in [4.78, 5) is 11.9. The van der Waals surface area contributed by atoms with E-state index in [1.165, 1.54) is 0 Å². The van der Waals surface area contributed by atoms with E-state index < -0.39 is 0 Å². The molecule has 0 saturated heterocycles. The van der Waals surface area contributed by atoms with Crippen LogP contribution in [0.1, 0.15) is 19.4 Å². The predicted molar refractivity (Wildman–Crippen MR) is 72.6 cm³/mol. The molecule has 3 heteroatoms. The van der Waals surface area contributed by atoms with E-state index in [4.69, 9.17) is 0 Å². The molecule has 1 N–H and O–H groups in total. The fourth-order valence-electron chi connectivity index (χ4n) is 1.66. The summed E-state index contributed by atoms with van der Waals surface area (Å²) in [6.07, 6.45) is 3.54. The molecule has 86 valence electrons. The Hall–Kier alpha value is -2.16. The number of hydrogen-bond acceptors (Lipinski definition) is 2. The molecule has 0 aromatic carbocycles. The zero-order valence-electron chi connectivity index (χ0n) is 10.1. The Balaban J connectivity index is 2.51. The third kappa shape index (κ3) is 2.33. The van der Waals surface area contributed by atoms with Crippen LogP contribution in [0.2, 0.25) is 0 Å². The molecule has 3 nitrogen and oxygen atoms in total. The van der Waals surface area contributed by atoms with E-state index in [0.29, 0.717) is 0 Å². The summed E-state index contributed by atoms with van der Waals surface area (Å²) >= 11 is 0. The van der Waals surface area contributed by atoms with Crippen molar-refractivity contribution in [2.45, 2.75) is 13.8 Å². The highest BCUT2D eigenvalue weighted by Gasteiger charge is 2.09. The van der Waals surface area contributed by atoms with Gasteiger partial charge in [0.25, 0.3) is 0 Å². The lowest BCUT2D eigenvalue weighted by molar-refractivity contribution is 1.26. The molecule has 2 rings (SSSR count). The molecule has 0 aliphatic rings. The van der Waals surface area contributed by atoms with Crippen LogP contribution in [0.3, 0.4) is 0 Å². The van der Waals surface area contributed by atoms with Crippen LogP contribution >= 0.6 is 0 Å². The molecule has 2 heterocycles. The maximum atomic E-state index is 4.31. The zero-order chi connectivity index (χ0) is 12.3. The van der Waals surface area contributed by atoms with Gasteiger partial charge < -0.3 is 4.98 Å². The van der Waals surface area contributed by atoms with E-state index in [0.717, 1.165) is 28.3 Å². The van der Waals surface area contributed by atoms with Gasteiger partial charge in [0.15, 0.2) is 0 Å². The van der Waals surface area contributed by atoms with E-state index >= 15 is 0 Å². The van der Waals surface area contributed by atoms with E-state index in [-0.39, 0.29) is 0 Å². The largest absolute Gasteiger partial charge is 0.338 e. The second kappa shape index (κ2) is 4.78. The fourth-order valence-corrected chi connectivity index (χ4v) is 1.66. The number of nitrogens with zero attached hydrogens (tertiary/aromatic N) is 2. The highest BCUT2D eigenvalue weighted by Crippen LogP contribution is 2.29. The first kappa shape index (κ1) is 11.3. The van der Waals surface area contributed by atoms with Crippen LogP contribution in [-0.4, -0.2) is 16.2 Å². The highest BCUT2D eigenvalue weighted by atomic mass is 14.9. The number of rotatable bonds is 3. The predicted octanol–water partition coefficient (Wildman–Crippen LogP) is 3.83. The number of aliphatic imine (C=N–C) groups is 1. The van der Waals surface area contributed by atoms with E-state index in [9.17, 15) is 0 Å². The average molecular weight is 225 g/mol. The molecule has 0 unspecified atom stereocenters. The van der Waals surface area contributed by atoms with Crippen LogP contribution in [0.25, 0.3) is 17.0 Å². The molecular formula is C14H15N3. The molecule has 0 amide bonds. The van der Waals surface area contributed by atoms with Crippen molar-refractivity contribution >= 4 is 17.6 Å². The standard InChI is InChI=1S/C14H15N3/c1-4-15-14-11(10(2)3)9-13(17-14)12-7-5-6-8-16-12/h4-9,17H,2H2,1,3H3/b15-4-. The normalized spacial score (nSPS) is 10.9. The molecule has 0 fully saturated rings. The van der Waals surface area contributed by atoms with E-state index in [1.54, 1.807) is 12.4 Å². The first-order chi connectivity index (χ1) is 8.22. The fraction of sp³-hybridized carbons (Fsp3) is 0.143. The minimum atomic E-state index is 0.834. The van der Waals surface area contributed by atoms with Crippen LogP contribution in [0, 0.1) is 0 Å². The van der Waals surface area contributed by atoms with Gasteiger partial charge in [-0.25, -0.2) is 4.99 Å². The van der Waals surface area contributed by atoms with Gasteiger partial charge in [-0.05, 0) is 37.6 Å². The molecule has 17 heavy (non-hydrogen) atoms. The summed E-state index contributed by atoms with van der Waals surface area (Å²) < 4.78 is 0. The first-order valence-corrected chi connectivity index (χ1v) is 5.51. The molecule has 0 radical (unpaired) electrons. The summed E-state index contributed by atoms with van der Waals surface area (Å²) in [6.45, 7) is 7.83. The molecule has 2 aromatic heterocycles. The maximum Gasteiger partial charge on any atom is 0.137 e. The summed E-state index contributed by atoms with van der Waals surface area (Å²) in [6, 6.07) is 7.87. The van der Waals surface area contributed by atoms with Crippen molar-refractivity contribution in [1.29, 1.82) is 0 Å². The third-order valence-corrected chi connectivity index (χ3v) is 2.46. The van der Waals surface area contributed by atoms with Crippen LogP contribution < -0.4 is 0 Å². The van der Waals surface area contributed by atoms with E-state index in [2.05, 4.69) is 21.5 Å².